The van der Waals surface area contributed by atoms with Crippen molar-refractivity contribution in [2.45, 2.75) is 44.7 Å². The normalized spacial score (nSPS) is 14.8. The van der Waals surface area contributed by atoms with Crippen molar-refractivity contribution in [1.29, 1.82) is 0 Å². The number of methoxy groups -OCH3 is 1. The van der Waals surface area contributed by atoms with Crippen molar-refractivity contribution in [3.05, 3.63) is 65.8 Å². The number of hydrogen-bond donors (Lipinski definition) is 1. The predicted octanol–water partition coefficient (Wildman–Crippen LogP) is 3.99. The minimum atomic E-state index is -0.309. The second-order valence-electron chi connectivity index (χ2n) is 8.34. The first kappa shape index (κ1) is 22.9. The first-order valence-electron chi connectivity index (χ1n) is 11.3. The largest absolute Gasteiger partial charge is 0.497 e. The fraction of sp³-hybridized carbons (Fsp3) is 0.400. The number of carbonyl (C=O) groups is 1. The Labute approximate surface area is 192 Å². The van der Waals surface area contributed by atoms with Gasteiger partial charge in [-0.1, -0.05) is 17.3 Å². The van der Waals surface area contributed by atoms with Crippen LogP contribution in [-0.4, -0.2) is 47.2 Å². The van der Waals surface area contributed by atoms with Crippen molar-refractivity contribution in [1.82, 2.24) is 20.4 Å². The van der Waals surface area contributed by atoms with Gasteiger partial charge >= 0.3 is 0 Å². The minimum Gasteiger partial charge on any atom is -0.497 e. The lowest BCUT2D eigenvalue weighted by atomic mass is 10.0. The topological polar surface area (TPSA) is 80.5 Å². The number of piperidine rings is 1. The number of benzene rings is 2. The lowest BCUT2D eigenvalue weighted by Crippen LogP contribution is -2.44. The van der Waals surface area contributed by atoms with Gasteiger partial charge in [0.25, 0.3) is 0 Å². The van der Waals surface area contributed by atoms with Crippen molar-refractivity contribution >= 4 is 5.91 Å². The van der Waals surface area contributed by atoms with Gasteiger partial charge in [-0.2, -0.15) is 4.98 Å². The highest BCUT2D eigenvalue weighted by molar-refractivity contribution is 5.76. The molecule has 3 aromatic rings. The van der Waals surface area contributed by atoms with E-state index in [1.54, 1.807) is 19.2 Å². The molecule has 0 spiro atoms. The molecule has 1 saturated heterocycles. The molecular weight excluding hydrogens is 423 g/mol. The molecule has 4 rings (SSSR count). The van der Waals surface area contributed by atoms with Crippen LogP contribution in [0.1, 0.15) is 37.1 Å². The molecule has 0 radical (unpaired) electrons. The number of carbonyl (C=O) groups excluding carboxylic acids is 1. The minimum absolute atomic E-state index is 0.0551. The molecular formula is C25H29FN4O3. The van der Waals surface area contributed by atoms with Crippen LogP contribution in [0.25, 0.3) is 11.4 Å². The van der Waals surface area contributed by atoms with Crippen molar-refractivity contribution < 1.29 is 18.4 Å². The second-order valence-corrected chi connectivity index (χ2v) is 8.34. The van der Waals surface area contributed by atoms with Gasteiger partial charge in [0, 0.05) is 44.1 Å². The number of hydrogen-bond acceptors (Lipinski definition) is 6. The number of rotatable bonds is 9. The third-order valence-corrected chi connectivity index (χ3v) is 5.86. The smallest absolute Gasteiger partial charge is 0.226 e. The molecule has 1 aliphatic rings. The van der Waals surface area contributed by atoms with E-state index in [-0.39, 0.29) is 17.8 Å². The van der Waals surface area contributed by atoms with Crippen LogP contribution < -0.4 is 10.1 Å². The molecule has 1 amide bonds. The van der Waals surface area contributed by atoms with Gasteiger partial charge in [0.1, 0.15) is 11.6 Å². The zero-order chi connectivity index (χ0) is 23.0. The van der Waals surface area contributed by atoms with Gasteiger partial charge in [-0.05, 0) is 61.2 Å². The first-order valence-corrected chi connectivity index (χ1v) is 11.3. The number of amides is 1. The average molecular weight is 453 g/mol. The monoisotopic (exact) mass is 452 g/mol. The Kier molecular flexibility index (Phi) is 7.67. The van der Waals surface area contributed by atoms with Crippen LogP contribution in [-0.2, 0) is 17.8 Å². The standard InChI is InChI=1S/C25H29FN4O3/c1-32-22-5-2-4-18(16-22)17-30-14-12-21(13-15-30)27-23(31)6-3-7-24-28-25(29-33-24)19-8-10-20(26)11-9-19/h2,4-5,8-11,16,21H,3,6-7,12-15,17H2,1H3,(H,27,31). The van der Waals surface area contributed by atoms with Gasteiger partial charge in [0.2, 0.25) is 17.6 Å². The van der Waals surface area contributed by atoms with E-state index < -0.39 is 0 Å². The number of nitrogens with one attached hydrogen (secondary N) is 1. The van der Waals surface area contributed by atoms with E-state index in [1.165, 1.54) is 17.7 Å². The Morgan fingerprint density at radius 3 is 2.76 bits per heavy atom. The van der Waals surface area contributed by atoms with Gasteiger partial charge < -0.3 is 14.6 Å². The van der Waals surface area contributed by atoms with Crippen molar-refractivity contribution in [2.75, 3.05) is 20.2 Å². The molecule has 2 aromatic carbocycles. The molecule has 0 unspecified atom stereocenters. The second kappa shape index (κ2) is 11.0. The highest BCUT2D eigenvalue weighted by Crippen LogP contribution is 2.19. The third kappa shape index (κ3) is 6.61. The van der Waals surface area contributed by atoms with Crippen LogP contribution in [0.5, 0.6) is 5.75 Å². The van der Waals surface area contributed by atoms with Crippen LogP contribution in [0.15, 0.2) is 53.1 Å². The molecule has 0 saturated carbocycles. The van der Waals surface area contributed by atoms with E-state index in [0.717, 1.165) is 38.2 Å². The maximum atomic E-state index is 13.0. The Hall–Kier alpha value is -3.26. The molecule has 7 nitrogen and oxygen atoms in total. The molecule has 174 valence electrons. The van der Waals surface area contributed by atoms with Crippen molar-refractivity contribution in [3.8, 4) is 17.1 Å². The maximum absolute atomic E-state index is 13.0. The SMILES string of the molecule is COc1cccc(CN2CCC(NC(=O)CCCc3nc(-c4ccc(F)cc4)no3)CC2)c1. The predicted molar refractivity (Wildman–Crippen MR) is 122 cm³/mol. The highest BCUT2D eigenvalue weighted by atomic mass is 19.1. The summed E-state index contributed by atoms with van der Waals surface area (Å²) >= 11 is 0. The number of aryl methyl sites for hydroxylation is 1. The molecule has 0 atom stereocenters. The lowest BCUT2D eigenvalue weighted by Gasteiger charge is -2.32. The highest BCUT2D eigenvalue weighted by Gasteiger charge is 2.21. The summed E-state index contributed by atoms with van der Waals surface area (Å²) in [5.74, 6) is 1.53. The Bertz CT molecular complexity index is 1050. The van der Waals surface area contributed by atoms with E-state index in [9.17, 15) is 9.18 Å². The van der Waals surface area contributed by atoms with E-state index in [0.29, 0.717) is 36.5 Å². The maximum Gasteiger partial charge on any atom is 0.226 e. The van der Waals surface area contributed by atoms with E-state index in [2.05, 4.69) is 32.5 Å². The fourth-order valence-corrected chi connectivity index (χ4v) is 4.04. The Balaban J connectivity index is 1.15. The van der Waals surface area contributed by atoms with Crippen LogP contribution >= 0.6 is 0 Å². The summed E-state index contributed by atoms with van der Waals surface area (Å²) < 4.78 is 23.6. The molecule has 1 N–H and O–H groups in total. The lowest BCUT2D eigenvalue weighted by molar-refractivity contribution is -0.122. The summed E-state index contributed by atoms with van der Waals surface area (Å²) in [6.45, 7) is 2.80. The zero-order valence-corrected chi connectivity index (χ0v) is 18.8. The van der Waals surface area contributed by atoms with Crippen LogP contribution in [0.4, 0.5) is 4.39 Å². The van der Waals surface area contributed by atoms with Gasteiger partial charge in [-0.3, -0.25) is 9.69 Å². The van der Waals surface area contributed by atoms with Gasteiger partial charge in [-0.15, -0.1) is 0 Å². The molecule has 1 fully saturated rings. The number of halogens is 1. The molecule has 1 aromatic heterocycles. The summed E-state index contributed by atoms with van der Waals surface area (Å²) in [4.78, 5) is 19.1. The molecule has 2 heterocycles. The van der Waals surface area contributed by atoms with E-state index >= 15 is 0 Å². The molecule has 1 aliphatic heterocycles. The van der Waals surface area contributed by atoms with E-state index in [1.807, 2.05) is 12.1 Å². The quantitative estimate of drug-likeness (QED) is 0.529. The number of likely N-dealkylation sites (tertiary alicyclic amines) is 1. The Morgan fingerprint density at radius 2 is 2.00 bits per heavy atom. The van der Waals surface area contributed by atoms with Crippen molar-refractivity contribution in [3.63, 3.8) is 0 Å². The first-order chi connectivity index (χ1) is 16.1. The number of aromatic nitrogens is 2. The average Bonchev–Trinajstić information content (AvgIpc) is 3.30. The summed E-state index contributed by atoms with van der Waals surface area (Å²) in [5, 5.41) is 7.09. The summed E-state index contributed by atoms with van der Waals surface area (Å²) in [6.07, 6.45) is 3.46. The molecule has 0 aliphatic carbocycles. The zero-order valence-electron chi connectivity index (χ0n) is 18.8. The van der Waals surface area contributed by atoms with Crippen LogP contribution in [0.2, 0.25) is 0 Å². The summed E-state index contributed by atoms with van der Waals surface area (Å²) in [6, 6.07) is 14.3. The van der Waals surface area contributed by atoms with Gasteiger partial charge in [-0.25, -0.2) is 4.39 Å². The third-order valence-electron chi connectivity index (χ3n) is 5.86. The number of ether oxygens (including phenoxy) is 1. The number of nitrogens with zero attached hydrogens (tertiary/aromatic N) is 3. The Morgan fingerprint density at radius 1 is 1.21 bits per heavy atom. The molecule has 33 heavy (non-hydrogen) atoms. The van der Waals surface area contributed by atoms with Gasteiger partial charge in [0.05, 0.1) is 7.11 Å². The summed E-state index contributed by atoms with van der Waals surface area (Å²) in [7, 11) is 1.68. The van der Waals surface area contributed by atoms with Crippen LogP contribution in [0, 0.1) is 5.82 Å². The molecule has 0 bridgehead atoms. The van der Waals surface area contributed by atoms with Crippen molar-refractivity contribution in [2.24, 2.45) is 0 Å². The fourth-order valence-electron chi connectivity index (χ4n) is 4.04. The summed E-state index contributed by atoms with van der Waals surface area (Å²) in [5.41, 5.74) is 1.93. The van der Waals surface area contributed by atoms with E-state index in [4.69, 9.17) is 9.26 Å². The molecule has 8 heteroatoms. The van der Waals surface area contributed by atoms with Gasteiger partial charge in [0.15, 0.2) is 0 Å². The van der Waals surface area contributed by atoms with Crippen LogP contribution in [0.3, 0.4) is 0 Å².